The van der Waals surface area contributed by atoms with Crippen molar-refractivity contribution in [3.05, 3.63) is 33.7 Å². The lowest BCUT2D eigenvalue weighted by molar-refractivity contribution is -0.129. The Labute approximate surface area is 156 Å². The van der Waals surface area contributed by atoms with Gasteiger partial charge in [0, 0.05) is 55.9 Å². The average molecular weight is 381 g/mol. The van der Waals surface area contributed by atoms with E-state index in [-0.39, 0.29) is 5.91 Å². The summed E-state index contributed by atoms with van der Waals surface area (Å²) < 4.78 is 6.08. The Balaban J connectivity index is 1.66. The van der Waals surface area contributed by atoms with E-state index in [1.165, 1.54) is 11.3 Å². The molecule has 2 aromatic rings. The van der Waals surface area contributed by atoms with E-state index in [1.54, 1.807) is 20.2 Å². The number of ether oxygens (including phenoxy) is 1. The molecular formula is C17H21ClN4O2S. The number of benzene rings is 1. The van der Waals surface area contributed by atoms with Gasteiger partial charge in [-0.15, -0.1) is 11.3 Å². The number of aromatic nitrogens is 1. The number of thiazole rings is 1. The van der Waals surface area contributed by atoms with Gasteiger partial charge in [0.2, 0.25) is 5.91 Å². The van der Waals surface area contributed by atoms with Crippen molar-refractivity contribution in [1.29, 1.82) is 0 Å². The first kappa shape index (κ1) is 17.8. The number of hydrogen-bond acceptors (Lipinski definition) is 6. The number of hydrogen-bond donors (Lipinski definition) is 1. The van der Waals surface area contributed by atoms with Gasteiger partial charge in [0.1, 0.15) is 5.75 Å². The molecule has 8 heteroatoms. The van der Waals surface area contributed by atoms with Crippen molar-refractivity contribution >= 4 is 40.2 Å². The van der Waals surface area contributed by atoms with Gasteiger partial charge in [0.25, 0.3) is 0 Å². The Hall–Kier alpha value is -1.99. The third-order valence-electron chi connectivity index (χ3n) is 4.25. The Morgan fingerprint density at radius 2 is 2.12 bits per heavy atom. The molecule has 6 nitrogen and oxygen atoms in total. The fraction of sp³-hybridized carbons (Fsp3) is 0.412. The fourth-order valence-corrected chi connectivity index (χ4v) is 3.77. The van der Waals surface area contributed by atoms with E-state index in [0.29, 0.717) is 11.0 Å². The third kappa shape index (κ3) is 4.35. The van der Waals surface area contributed by atoms with Crippen LogP contribution in [0.2, 0.25) is 4.47 Å². The lowest BCUT2D eigenvalue weighted by atomic mass is 10.2. The highest BCUT2D eigenvalue weighted by atomic mass is 35.5. The zero-order valence-corrected chi connectivity index (χ0v) is 15.9. The van der Waals surface area contributed by atoms with Crippen molar-refractivity contribution in [1.82, 2.24) is 9.88 Å². The molecule has 0 spiro atoms. The smallest absolute Gasteiger partial charge is 0.219 e. The molecule has 0 atom stereocenters. The van der Waals surface area contributed by atoms with Crippen LogP contribution in [0.5, 0.6) is 5.75 Å². The number of carbonyl (C=O) groups excluding carboxylic acids is 1. The first-order chi connectivity index (χ1) is 12.1. The molecule has 0 unspecified atom stereocenters. The molecule has 1 aliphatic rings. The van der Waals surface area contributed by atoms with Crippen molar-refractivity contribution in [3.8, 4) is 5.75 Å². The lowest BCUT2D eigenvalue weighted by Crippen LogP contribution is -2.48. The van der Waals surface area contributed by atoms with Gasteiger partial charge < -0.3 is 19.9 Å². The Morgan fingerprint density at radius 3 is 2.72 bits per heavy atom. The van der Waals surface area contributed by atoms with Crippen molar-refractivity contribution in [2.24, 2.45) is 0 Å². The highest BCUT2D eigenvalue weighted by Gasteiger charge is 2.19. The molecule has 1 aromatic carbocycles. The molecule has 1 aromatic heterocycles. The predicted molar refractivity (Wildman–Crippen MR) is 102 cm³/mol. The first-order valence-corrected chi connectivity index (χ1v) is 9.29. The van der Waals surface area contributed by atoms with Crippen LogP contribution in [0.15, 0.2) is 24.4 Å². The van der Waals surface area contributed by atoms with E-state index < -0.39 is 0 Å². The molecule has 1 N–H and O–H groups in total. The van der Waals surface area contributed by atoms with Crippen molar-refractivity contribution in [3.63, 3.8) is 0 Å². The van der Waals surface area contributed by atoms with Crippen LogP contribution in [0.25, 0.3) is 0 Å². The van der Waals surface area contributed by atoms with Crippen molar-refractivity contribution in [2.45, 2.75) is 13.5 Å². The number of piperazine rings is 1. The SMILES string of the molecule is COc1cc(N2CCN(C(C)=O)CC2)ccc1NCc1cnc(Cl)s1. The summed E-state index contributed by atoms with van der Waals surface area (Å²) in [5, 5.41) is 3.36. The zero-order chi connectivity index (χ0) is 17.8. The normalized spacial score (nSPS) is 14.5. The Bertz CT molecular complexity index is 744. The summed E-state index contributed by atoms with van der Waals surface area (Å²) in [4.78, 5) is 20.7. The lowest BCUT2D eigenvalue weighted by Gasteiger charge is -2.35. The number of nitrogens with one attached hydrogen (secondary N) is 1. The number of amides is 1. The number of carbonyl (C=O) groups is 1. The van der Waals surface area contributed by atoms with E-state index >= 15 is 0 Å². The quantitative estimate of drug-likeness (QED) is 0.863. The maximum atomic E-state index is 11.4. The fourth-order valence-electron chi connectivity index (χ4n) is 2.85. The van der Waals surface area contributed by atoms with Crippen LogP contribution < -0.4 is 15.0 Å². The molecule has 3 rings (SSSR count). The number of rotatable bonds is 5. The molecule has 0 bridgehead atoms. The summed E-state index contributed by atoms with van der Waals surface area (Å²) >= 11 is 7.32. The zero-order valence-electron chi connectivity index (χ0n) is 14.3. The molecule has 0 saturated carbocycles. The largest absolute Gasteiger partial charge is 0.495 e. The standard InChI is InChI=1S/C17H21ClN4O2S/c1-12(23)21-5-7-22(8-6-21)13-3-4-15(16(9-13)24-2)19-10-14-11-20-17(18)25-14/h3-4,9,11,19H,5-8,10H2,1-2H3. The highest BCUT2D eigenvalue weighted by molar-refractivity contribution is 7.15. The Morgan fingerprint density at radius 1 is 1.36 bits per heavy atom. The number of halogens is 1. The Kier molecular flexibility index (Phi) is 5.65. The van der Waals surface area contributed by atoms with E-state index in [2.05, 4.69) is 21.3 Å². The van der Waals surface area contributed by atoms with Gasteiger partial charge in [-0.3, -0.25) is 4.79 Å². The summed E-state index contributed by atoms with van der Waals surface area (Å²) in [5.74, 6) is 0.932. The van der Waals surface area contributed by atoms with Gasteiger partial charge in [-0.1, -0.05) is 11.6 Å². The summed E-state index contributed by atoms with van der Waals surface area (Å²) in [6, 6.07) is 6.13. The summed E-state index contributed by atoms with van der Waals surface area (Å²) in [7, 11) is 1.67. The van der Waals surface area contributed by atoms with Crippen LogP contribution >= 0.6 is 22.9 Å². The van der Waals surface area contributed by atoms with Crippen LogP contribution in [-0.4, -0.2) is 49.1 Å². The molecule has 2 heterocycles. The van der Waals surface area contributed by atoms with Gasteiger partial charge in [-0.25, -0.2) is 4.98 Å². The molecule has 1 fully saturated rings. The number of nitrogens with zero attached hydrogens (tertiary/aromatic N) is 3. The van der Waals surface area contributed by atoms with Crippen LogP contribution in [0, 0.1) is 0 Å². The van der Waals surface area contributed by atoms with Crippen LogP contribution in [0.3, 0.4) is 0 Å². The van der Waals surface area contributed by atoms with Gasteiger partial charge in [0.05, 0.1) is 19.3 Å². The minimum atomic E-state index is 0.139. The molecule has 1 amide bonds. The second kappa shape index (κ2) is 7.93. The minimum Gasteiger partial charge on any atom is -0.495 e. The molecule has 25 heavy (non-hydrogen) atoms. The predicted octanol–water partition coefficient (Wildman–Crippen LogP) is 3.09. The van der Waals surface area contributed by atoms with Gasteiger partial charge in [-0.05, 0) is 12.1 Å². The average Bonchev–Trinajstić information content (AvgIpc) is 3.05. The van der Waals surface area contributed by atoms with Crippen LogP contribution in [0.4, 0.5) is 11.4 Å². The summed E-state index contributed by atoms with van der Waals surface area (Å²) in [5.41, 5.74) is 2.03. The summed E-state index contributed by atoms with van der Waals surface area (Å²) in [6.45, 7) is 5.43. The van der Waals surface area contributed by atoms with Crippen molar-refractivity contribution < 1.29 is 9.53 Å². The van der Waals surface area contributed by atoms with Crippen molar-refractivity contribution in [2.75, 3.05) is 43.5 Å². The topological polar surface area (TPSA) is 57.7 Å². The summed E-state index contributed by atoms with van der Waals surface area (Å²) in [6.07, 6.45) is 1.77. The van der Waals surface area contributed by atoms with E-state index in [0.717, 1.165) is 48.2 Å². The number of anilines is 2. The van der Waals surface area contributed by atoms with E-state index in [9.17, 15) is 4.79 Å². The maximum Gasteiger partial charge on any atom is 0.219 e. The molecule has 0 radical (unpaired) electrons. The first-order valence-electron chi connectivity index (χ1n) is 8.09. The second-order valence-corrected chi connectivity index (χ2v) is 7.51. The highest BCUT2D eigenvalue weighted by Crippen LogP contribution is 2.31. The monoisotopic (exact) mass is 380 g/mol. The molecule has 1 aliphatic heterocycles. The maximum absolute atomic E-state index is 11.4. The molecule has 1 saturated heterocycles. The van der Waals surface area contributed by atoms with E-state index in [4.69, 9.17) is 16.3 Å². The third-order valence-corrected chi connectivity index (χ3v) is 5.37. The van der Waals surface area contributed by atoms with Crippen LogP contribution in [0.1, 0.15) is 11.8 Å². The molecule has 0 aliphatic carbocycles. The van der Waals surface area contributed by atoms with E-state index in [1.807, 2.05) is 17.0 Å². The van der Waals surface area contributed by atoms with Gasteiger partial charge >= 0.3 is 0 Å². The van der Waals surface area contributed by atoms with Crippen LogP contribution in [-0.2, 0) is 11.3 Å². The molecule has 134 valence electrons. The second-order valence-electron chi connectivity index (χ2n) is 5.81. The number of methoxy groups -OCH3 is 1. The molecular weight excluding hydrogens is 360 g/mol. The van der Waals surface area contributed by atoms with Gasteiger partial charge in [-0.2, -0.15) is 0 Å². The minimum absolute atomic E-state index is 0.139. The van der Waals surface area contributed by atoms with Gasteiger partial charge in [0.15, 0.2) is 4.47 Å².